The summed E-state index contributed by atoms with van der Waals surface area (Å²) >= 11 is 0. The van der Waals surface area contributed by atoms with Crippen LogP contribution in [0.3, 0.4) is 0 Å². The molecule has 1 aromatic heterocycles. The SMILES string of the molecule is CC(C)C[C@H](NC(=O)[C@H](CC(C)C)NC(=O)CNC(=O)[C@H](C)NC(=O)[C@H](C)NC(=O)[C@H](CCCCN)NC(=O)CNC(=O)CCCCNC(=O)CCCCNC(=O)CCCCNC(=O)[C@H](CCCCN)NC(=O)[C@H](Cc1ccc(O)cc1)NC(=O)[C@@H](N)Cc1c[nH]c2ccccc12)C(N)=O. The van der Waals surface area contributed by atoms with Crippen LogP contribution in [0, 0.1) is 11.8 Å². The first-order valence-electron chi connectivity index (χ1n) is 34.8. The second-order valence-electron chi connectivity index (χ2n) is 26.0. The van der Waals surface area contributed by atoms with Gasteiger partial charge in [0.1, 0.15) is 48.0 Å². The van der Waals surface area contributed by atoms with Gasteiger partial charge in [0.15, 0.2) is 0 Å². The van der Waals surface area contributed by atoms with Crippen LogP contribution in [0.25, 0.3) is 10.9 Å². The molecule has 0 aliphatic heterocycles. The Morgan fingerprint density at radius 1 is 0.430 bits per heavy atom. The highest BCUT2D eigenvalue weighted by Gasteiger charge is 2.32. The number of aromatic hydroxyl groups is 1. The monoisotopic (exact) mass is 1400 g/mol. The van der Waals surface area contributed by atoms with Gasteiger partial charge in [0, 0.05) is 62.4 Å². The fraction of sp³-hybridized carbons (Fsp3) is 0.609. The lowest BCUT2D eigenvalue weighted by Gasteiger charge is -2.24. The lowest BCUT2D eigenvalue weighted by molar-refractivity contribution is -0.134. The summed E-state index contributed by atoms with van der Waals surface area (Å²) in [4.78, 5) is 172. The quantitative estimate of drug-likeness (QED) is 0.0312. The van der Waals surface area contributed by atoms with Gasteiger partial charge >= 0.3 is 0 Å². The van der Waals surface area contributed by atoms with E-state index >= 15 is 0 Å². The molecule has 0 unspecified atom stereocenters. The number of nitrogens with two attached hydrogens (primary N) is 4. The zero-order valence-corrected chi connectivity index (χ0v) is 58.9. The molecule has 22 N–H and O–H groups in total. The number of primary amides is 1. The van der Waals surface area contributed by atoms with Gasteiger partial charge in [-0.15, -0.1) is 0 Å². The van der Waals surface area contributed by atoms with Crippen molar-refractivity contribution in [3.8, 4) is 5.75 Å². The minimum atomic E-state index is -1.18. The van der Waals surface area contributed by atoms with Gasteiger partial charge in [0.2, 0.25) is 76.8 Å². The smallest absolute Gasteiger partial charge is 0.243 e. The van der Waals surface area contributed by atoms with Crippen molar-refractivity contribution in [2.24, 2.45) is 34.8 Å². The van der Waals surface area contributed by atoms with E-state index in [1.54, 1.807) is 18.3 Å². The average molecular weight is 1400 g/mol. The van der Waals surface area contributed by atoms with E-state index in [0.29, 0.717) is 102 Å². The number of phenolic OH excluding ortho intramolecular Hbond substituents is 1. The topological polar surface area (TPSA) is 506 Å². The first-order chi connectivity index (χ1) is 47.6. The standard InChI is InChI=1S/C69H111N17O14/c1-42(2)35-54(62(73)93)85-68(99)55(36-43(3)4)83-61(92)41-79-63(94)44(5)80-64(95)45(6)81-67(98)53(22-10-15-31-71)82-60(91)40-78-59(90)25-12-17-33-75-57(88)23-11-16-32-74-58(89)24-13-18-34-76-66(97)52(21-9-14-30-70)84-69(100)56(37-46-26-28-48(87)29-27-46)86-65(96)50(72)38-47-39-77-51-20-8-7-19-49(47)51/h7-8,19-20,26-29,39,42-45,50,52-56,77,87H,9-18,21-25,30-38,40-41,70-72H2,1-6H3,(H2,73,93)(H,74,89)(H,75,88)(H,76,97)(H,78,90)(H,79,94)(H,80,95)(H,81,98)(H,82,91)(H,83,92)(H,84,100)(H,85,99)(H,86,96)/t44-,45-,50-,52-,53-,54-,55-,56-/m0/s1. The summed E-state index contributed by atoms with van der Waals surface area (Å²) in [6, 6.07) is 5.36. The number of benzene rings is 2. The molecule has 3 rings (SSSR count). The number of amides is 13. The van der Waals surface area contributed by atoms with Crippen LogP contribution in [-0.4, -0.2) is 181 Å². The van der Waals surface area contributed by atoms with Crippen molar-refractivity contribution in [1.82, 2.24) is 68.8 Å². The summed E-state index contributed by atoms with van der Waals surface area (Å²) in [7, 11) is 0. The Kier molecular flexibility index (Phi) is 39.9. The lowest BCUT2D eigenvalue weighted by Crippen LogP contribution is -2.56. The molecule has 0 spiro atoms. The predicted molar refractivity (Wildman–Crippen MR) is 377 cm³/mol. The maximum atomic E-state index is 14.0. The molecule has 0 saturated heterocycles. The van der Waals surface area contributed by atoms with Crippen LogP contribution in [-0.2, 0) is 75.2 Å². The van der Waals surface area contributed by atoms with Crippen molar-refractivity contribution in [2.45, 2.75) is 212 Å². The molecule has 0 aliphatic rings. The Hall–Kier alpha value is -9.23. The summed E-state index contributed by atoms with van der Waals surface area (Å²) in [5, 5.41) is 42.6. The summed E-state index contributed by atoms with van der Waals surface area (Å²) in [5.41, 5.74) is 25.6. The van der Waals surface area contributed by atoms with Gasteiger partial charge in [-0.05, 0) is 164 Å². The first kappa shape index (κ1) is 85.0. The number of fused-ring (bicyclic) bond motifs is 1. The molecule has 556 valence electrons. The van der Waals surface area contributed by atoms with Gasteiger partial charge in [-0.2, -0.15) is 0 Å². The number of hydrogen-bond acceptors (Lipinski definition) is 17. The number of nitrogens with one attached hydrogen (secondary N) is 13. The third-order valence-electron chi connectivity index (χ3n) is 16.2. The van der Waals surface area contributed by atoms with Gasteiger partial charge in [-0.25, -0.2) is 0 Å². The van der Waals surface area contributed by atoms with Crippen molar-refractivity contribution in [3.63, 3.8) is 0 Å². The highest BCUT2D eigenvalue weighted by molar-refractivity contribution is 5.97. The molecule has 31 nitrogen and oxygen atoms in total. The van der Waals surface area contributed by atoms with E-state index in [4.69, 9.17) is 22.9 Å². The van der Waals surface area contributed by atoms with Gasteiger partial charge in [0.25, 0.3) is 0 Å². The van der Waals surface area contributed by atoms with Crippen LogP contribution in [0.1, 0.15) is 162 Å². The predicted octanol–water partition coefficient (Wildman–Crippen LogP) is -0.653. The Morgan fingerprint density at radius 3 is 1.45 bits per heavy atom. The number of aromatic amines is 1. The van der Waals surface area contributed by atoms with Crippen molar-refractivity contribution in [1.29, 1.82) is 0 Å². The number of aromatic nitrogens is 1. The number of carbonyl (C=O) groups excluding carboxylic acids is 13. The highest BCUT2D eigenvalue weighted by atomic mass is 16.3. The third kappa shape index (κ3) is 34.5. The Labute approximate surface area is 585 Å². The minimum absolute atomic E-state index is 0.0289. The second kappa shape index (κ2) is 46.9. The van der Waals surface area contributed by atoms with Crippen LogP contribution in [0.2, 0.25) is 0 Å². The molecule has 13 amide bonds. The van der Waals surface area contributed by atoms with Crippen molar-refractivity contribution >= 4 is 87.7 Å². The number of carbonyl (C=O) groups is 13. The summed E-state index contributed by atoms with van der Waals surface area (Å²) < 4.78 is 0. The van der Waals surface area contributed by atoms with Gasteiger partial charge in [-0.1, -0.05) is 58.0 Å². The molecule has 0 fully saturated rings. The van der Waals surface area contributed by atoms with Crippen LogP contribution in [0.15, 0.2) is 54.7 Å². The molecule has 0 radical (unpaired) electrons. The van der Waals surface area contributed by atoms with Crippen LogP contribution in [0.5, 0.6) is 5.75 Å². The fourth-order valence-electron chi connectivity index (χ4n) is 10.5. The van der Waals surface area contributed by atoms with Crippen molar-refractivity contribution in [3.05, 3.63) is 65.9 Å². The minimum Gasteiger partial charge on any atom is -0.508 e. The van der Waals surface area contributed by atoms with E-state index in [9.17, 15) is 67.4 Å². The molecular weight excluding hydrogens is 1290 g/mol. The number of para-hydroxylation sites is 1. The number of rotatable bonds is 50. The molecule has 0 saturated carbocycles. The van der Waals surface area contributed by atoms with Gasteiger partial charge in [0.05, 0.1) is 19.1 Å². The molecule has 3 aromatic rings. The number of H-pyrrole nitrogens is 1. The van der Waals surface area contributed by atoms with Crippen molar-refractivity contribution < 1.29 is 67.4 Å². The lowest BCUT2D eigenvalue weighted by atomic mass is 10.0. The maximum absolute atomic E-state index is 14.0. The molecule has 0 aliphatic carbocycles. The Balaban J connectivity index is 1.31. The number of hydrogen-bond donors (Lipinski definition) is 18. The molecule has 8 atom stereocenters. The van der Waals surface area contributed by atoms with E-state index in [2.05, 4.69) is 68.8 Å². The molecule has 0 bridgehead atoms. The molecule has 1 heterocycles. The largest absolute Gasteiger partial charge is 0.508 e. The van der Waals surface area contributed by atoms with Crippen LogP contribution >= 0.6 is 0 Å². The summed E-state index contributed by atoms with van der Waals surface area (Å²) in [6.07, 6.45) is 8.51. The zero-order chi connectivity index (χ0) is 74.1. The summed E-state index contributed by atoms with van der Waals surface area (Å²) in [6.45, 7) is 10.8. The van der Waals surface area contributed by atoms with Crippen LogP contribution in [0.4, 0.5) is 0 Å². The second-order valence-corrected chi connectivity index (χ2v) is 26.0. The molecule has 100 heavy (non-hydrogen) atoms. The van der Waals surface area contributed by atoms with Crippen LogP contribution < -0.4 is 86.7 Å². The van der Waals surface area contributed by atoms with Gasteiger partial charge < -0.3 is 96.8 Å². The molecule has 31 heteroatoms. The Morgan fingerprint density at radius 2 is 0.890 bits per heavy atom. The summed E-state index contributed by atoms with van der Waals surface area (Å²) in [5.74, 6) is -7.21. The van der Waals surface area contributed by atoms with E-state index in [1.165, 1.54) is 26.0 Å². The molecular formula is C69H111N17O14. The van der Waals surface area contributed by atoms with E-state index in [1.807, 2.05) is 52.0 Å². The number of unbranched alkanes of at least 4 members (excludes halogenated alkanes) is 5. The number of phenols is 1. The first-order valence-corrected chi connectivity index (χ1v) is 34.8. The van der Waals surface area contributed by atoms with E-state index < -0.39 is 126 Å². The molecule has 2 aromatic carbocycles. The van der Waals surface area contributed by atoms with E-state index in [0.717, 1.165) is 16.5 Å². The van der Waals surface area contributed by atoms with E-state index in [-0.39, 0.29) is 87.3 Å². The maximum Gasteiger partial charge on any atom is 0.243 e. The third-order valence-corrected chi connectivity index (χ3v) is 16.2. The Bertz CT molecular complexity index is 3130. The highest BCUT2D eigenvalue weighted by Crippen LogP contribution is 2.20. The average Bonchev–Trinajstić information content (AvgIpc) is 1.68. The van der Waals surface area contributed by atoms with Gasteiger partial charge in [-0.3, -0.25) is 62.3 Å². The fourth-order valence-corrected chi connectivity index (χ4v) is 10.5. The normalized spacial score (nSPS) is 13.6. The zero-order valence-electron chi connectivity index (χ0n) is 58.9. The van der Waals surface area contributed by atoms with Crippen molar-refractivity contribution in [2.75, 3.05) is 45.8 Å².